The zero-order valence-corrected chi connectivity index (χ0v) is 13.6. The third-order valence-corrected chi connectivity index (χ3v) is 3.55. The molecule has 1 N–H and O–H groups in total. The van der Waals surface area contributed by atoms with E-state index in [2.05, 4.69) is 5.32 Å². The van der Waals surface area contributed by atoms with E-state index in [9.17, 15) is 9.59 Å². The summed E-state index contributed by atoms with van der Waals surface area (Å²) in [6.07, 6.45) is 0.379. The molecular weight excluding hydrogens is 310 g/mol. The predicted molar refractivity (Wildman–Crippen MR) is 90.1 cm³/mol. The molecule has 1 amide bonds. The Balaban J connectivity index is 2.11. The Hall–Kier alpha value is -2.40. The molecule has 0 spiro atoms. The number of carbonyl (C=O) groups excluding carboxylic acids is 2. The van der Waals surface area contributed by atoms with Gasteiger partial charge >= 0.3 is 5.97 Å². The minimum Gasteiger partial charge on any atom is -0.780 e. The first-order valence-corrected chi connectivity index (χ1v) is 7.79. The molecule has 0 fully saturated rings. The Labute approximate surface area is 141 Å². The van der Waals surface area contributed by atoms with Crippen LogP contribution in [-0.4, -0.2) is 24.5 Å². The highest BCUT2D eigenvalue weighted by Crippen LogP contribution is 2.08. The lowest BCUT2D eigenvalue weighted by Crippen LogP contribution is -2.43. The molecule has 0 aliphatic rings. The molecule has 0 radical (unpaired) electrons. The van der Waals surface area contributed by atoms with Gasteiger partial charge in [-0.05, 0) is 12.5 Å². The summed E-state index contributed by atoms with van der Waals surface area (Å²) < 4.78 is 5.06. The second-order valence-electron chi connectivity index (χ2n) is 4.99. The zero-order chi connectivity index (χ0) is 16.7. The number of ether oxygens (including phenoxy) is 1. The first kappa shape index (κ1) is 17.0. The molecular formula is C18H18NO3S-. The summed E-state index contributed by atoms with van der Waals surface area (Å²) in [5.74, 6) is -0.765. The van der Waals surface area contributed by atoms with E-state index in [4.69, 9.17) is 17.4 Å². The Morgan fingerprint density at radius 3 is 2.35 bits per heavy atom. The maximum atomic E-state index is 12.3. The Kier molecular flexibility index (Phi) is 6.11. The summed E-state index contributed by atoms with van der Waals surface area (Å²) in [6.45, 7) is 2.01. The molecule has 2 aromatic carbocycles. The topological polar surface area (TPSA) is 55.4 Å². The molecule has 4 nitrogen and oxygen atoms in total. The number of carbonyl (C=O) groups is 2. The maximum absolute atomic E-state index is 12.3. The zero-order valence-electron chi connectivity index (χ0n) is 12.8. The Morgan fingerprint density at radius 1 is 1.09 bits per heavy atom. The summed E-state index contributed by atoms with van der Waals surface area (Å²) in [4.78, 5) is 25.1. The van der Waals surface area contributed by atoms with Crippen LogP contribution >= 0.6 is 0 Å². The van der Waals surface area contributed by atoms with E-state index >= 15 is 0 Å². The average Bonchev–Trinajstić information content (AvgIpc) is 2.56. The van der Waals surface area contributed by atoms with Crippen LogP contribution in [0.15, 0.2) is 59.5 Å². The van der Waals surface area contributed by atoms with Crippen molar-refractivity contribution in [2.45, 2.75) is 24.3 Å². The molecule has 0 saturated carbocycles. The van der Waals surface area contributed by atoms with E-state index in [-0.39, 0.29) is 12.5 Å². The number of hydrogen-bond donors (Lipinski definition) is 1. The largest absolute Gasteiger partial charge is 0.780 e. The number of hydrogen-bond acceptors (Lipinski definition) is 4. The van der Waals surface area contributed by atoms with Crippen LogP contribution in [0, 0.1) is 0 Å². The molecule has 0 heterocycles. The van der Waals surface area contributed by atoms with Gasteiger partial charge in [0.2, 0.25) is 0 Å². The van der Waals surface area contributed by atoms with Gasteiger partial charge in [0.15, 0.2) is 0 Å². The van der Waals surface area contributed by atoms with Gasteiger partial charge in [0.1, 0.15) is 6.04 Å². The van der Waals surface area contributed by atoms with Gasteiger partial charge < -0.3 is 22.7 Å². The van der Waals surface area contributed by atoms with Crippen LogP contribution < -0.4 is 5.32 Å². The summed E-state index contributed by atoms with van der Waals surface area (Å²) in [5.41, 5.74) is 1.41. The fourth-order valence-electron chi connectivity index (χ4n) is 2.13. The average molecular weight is 328 g/mol. The monoisotopic (exact) mass is 328 g/mol. The van der Waals surface area contributed by atoms with E-state index in [0.29, 0.717) is 16.9 Å². The van der Waals surface area contributed by atoms with Gasteiger partial charge in [-0.15, -0.1) is 0 Å². The van der Waals surface area contributed by atoms with E-state index in [1.165, 1.54) is 0 Å². The Morgan fingerprint density at radius 2 is 1.74 bits per heavy atom. The van der Waals surface area contributed by atoms with Crippen molar-refractivity contribution >= 4 is 24.5 Å². The van der Waals surface area contributed by atoms with Gasteiger partial charge in [0, 0.05) is 12.0 Å². The van der Waals surface area contributed by atoms with Gasteiger partial charge in [0.05, 0.1) is 6.61 Å². The van der Waals surface area contributed by atoms with E-state index in [0.717, 1.165) is 5.56 Å². The number of rotatable bonds is 6. The van der Waals surface area contributed by atoms with Crippen molar-refractivity contribution in [2.75, 3.05) is 6.61 Å². The van der Waals surface area contributed by atoms with E-state index in [1.54, 1.807) is 31.2 Å². The lowest BCUT2D eigenvalue weighted by atomic mass is 10.1. The van der Waals surface area contributed by atoms with Gasteiger partial charge in [-0.25, -0.2) is 4.79 Å². The highest BCUT2D eigenvalue weighted by atomic mass is 32.1. The van der Waals surface area contributed by atoms with Gasteiger partial charge in [-0.1, -0.05) is 54.6 Å². The van der Waals surface area contributed by atoms with E-state index in [1.807, 2.05) is 30.3 Å². The van der Waals surface area contributed by atoms with Crippen LogP contribution in [0.4, 0.5) is 0 Å². The SMILES string of the molecule is CCOC(=O)[C@H](Cc1ccccc1)NC(=O)c1ccc([S-])cc1. The fourth-order valence-corrected chi connectivity index (χ4v) is 2.27. The molecule has 5 heteroatoms. The van der Waals surface area contributed by atoms with Gasteiger partial charge in [-0.3, -0.25) is 4.79 Å². The van der Waals surface area contributed by atoms with Crippen molar-refractivity contribution in [3.05, 3.63) is 65.7 Å². The summed E-state index contributed by atoms with van der Waals surface area (Å²) in [6, 6.07) is 15.4. The van der Waals surface area contributed by atoms with Crippen molar-refractivity contribution in [1.82, 2.24) is 5.32 Å². The van der Waals surface area contributed by atoms with Gasteiger partial charge in [-0.2, -0.15) is 4.90 Å². The standard InChI is InChI=1S/C18H19NO3S/c1-2-22-18(21)16(12-13-6-4-3-5-7-13)19-17(20)14-8-10-15(23)11-9-14/h3-11,16,23H,2,12H2,1H3,(H,19,20)/p-1/t16-/m0/s1. The summed E-state index contributed by atoms with van der Waals surface area (Å²) >= 11 is 5.00. The summed E-state index contributed by atoms with van der Waals surface area (Å²) in [5, 5.41) is 2.74. The number of esters is 1. The molecule has 0 aliphatic heterocycles. The fraction of sp³-hybridized carbons (Fsp3) is 0.222. The maximum Gasteiger partial charge on any atom is 0.328 e. The molecule has 0 aromatic heterocycles. The quantitative estimate of drug-likeness (QED) is 0.654. The molecule has 120 valence electrons. The predicted octanol–water partition coefficient (Wildman–Crippen LogP) is 2.50. The Bertz CT molecular complexity index is 656. The van der Waals surface area contributed by atoms with Crippen LogP contribution in [0.3, 0.4) is 0 Å². The lowest BCUT2D eigenvalue weighted by molar-refractivity contribution is -0.145. The first-order valence-electron chi connectivity index (χ1n) is 7.38. The third kappa shape index (κ3) is 5.07. The molecule has 23 heavy (non-hydrogen) atoms. The highest BCUT2D eigenvalue weighted by molar-refractivity contribution is 7.58. The molecule has 0 aliphatic carbocycles. The molecule has 2 rings (SSSR count). The minimum atomic E-state index is -0.729. The van der Waals surface area contributed by atoms with Crippen molar-refractivity contribution in [3.63, 3.8) is 0 Å². The number of amides is 1. The molecule has 0 bridgehead atoms. The minimum absolute atomic E-state index is 0.268. The molecule has 2 aromatic rings. The van der Waals surface area contributed by atoms with Crippen LogP contribution in [0.2, 0.25) is 0 Å². The normalized spacial score (nSPS) is 11.5. The number of nitrogens with one attached hydrogen (secondary N) is 1. The second-order valence-corrected chi connectivity index (χ2v) is 5.46. The van der Waals surface area contributed by atoms with Gasteiger partial charge in [0.25, 0.3) is 5.91 Å². The molecule has 0 saturated heterocycles. The van der Waals surface area contributed by atoms with Crippen LogP contribution in [0.25, 0.3) is 0 Å². The molecule has 0 unspecified atom stereocenters. The van der Waals surface area contributed by atoms with Crippen LogP contribution in [-0.2, 0) is 28.6 Å². The smallest absolute Gasteiger partial charge is 0.328 e. The van der Waals surface area contributed by atoms with Crippen molar-refractivity contribution < 1.29 is 14.3 Å². The highest BCUT2D eigenvalue weighted by Gasteiger charge is 2.22. The van der Waals surface area contributed by atoms with Crippen molar-refractivity contribution in [1.29, 1.82) is 0 Å². The lowest BCUT2D eigenvalue weighted by Gasteiger charge is -2.18. The third-order valence-electron chi connectivity index (χ3n) is 3.28. The summed E-state index contributed by atoms with van der Waals surface area (Å²) in [7, 11) is 0. The van der Waals surface area contributed by atoms with Crippen LogP contribution in [0.5, 0.6) is 0 Å². The van der Waals surface area contributed by atoms with Crippen molar-refractivity contribution in [3.8, 4) is 0 Å². The second kappa shape index (κ2) is 8.29. The first-order chi connectivity index (χ1) is 11.1. The number of benzene rings is 2. The molecule has 1 atom stereocenters. The van der Waals surface area contributed by atoms with Crippen molar-refractivity contribution in [2.24, 2.45) is 0 Å². The van der Waals surface area contributed by atoms with Crippen LogP contribution in [0.1, 0.15) is 22.8 Å². The van der Waals surface area contributed by atoms with E-state index < -0.39 is 12.0 Å².